The Kier molecular flexibility index (Phi) is 4.92. The minimum absolute atomic E-state index is 0.0897. The third kappa shape index (κ3) is 3.64. The van der Waals surface area contributed by atoms with Gasteiger partial charge in [-0.15, -0.1) is 22.7 Å². The topological polar surface area (TPSA) is 17.1 Å². The lowest BCUT2D eigenvalue weighted by Gasteiger charge is -1.90. The maximum Gasteiger partial charge on any atom is 0.195 e. The van der Waals surface area contributed by atoms with Crippen molar-refractivity contribution in [3.8, 4) is 0 Å². The molecular formula is C14H13BrOS2. The van der Waals surface area contributed by atoms with Crippen molar-refractivity contribution < 1.29 is 4.79 Å². The molecule has 0 aromatic carbocycles. The van der Waals surface area contributed by atoms with Crippen molar-refractivity contribution in [2.45, 2.75) is 19.8 Å². The van der Waals surface area contributed by atoms with Crippen LogP contribution in [0, 0.1) is 0 Å². The van der Waals surface area contributed by atoms with Gasteiger partial charge in [-0.2, -0.15) is 0 Å². The van der Waals surface area contributed by atoms with Crippen LogP contribution in [0.5, 0.6) is 0 Å². The maximum absolute atomic E-state index is 12.0. The van der Waals surface area contributed by atoms with E-state index in [1.54, 1.807) is 28.7 Å². The fourth-order valence-electron chi connectivity index (χ4n) is 1.55. The van der Waals surface area contributed by atoms with Crippen molar-refractivity contribution in [2.24, 2.45) is 0 Å². The Morgan fingerprint density at radius 2 is 2.28 bits per heavy atom. The Labute approximate surface area is 123 Å². The van der Waals surface area contributed by atoms with Gasteiger partial charge >= 0.3 is 0 Å². The Morgan fingerprint density at radius 3 is 2.94 bits per heavy atom. The standard InChI is InChI=1S/C14H13BrOS2/c1-2-3-11-5-7-14(18-11)13(16)6-4-12-8-10(15)9-17-12/h4-9H,2-3H2,1H3/b6-4+. The van der Waals surface area contributed by atoms with Crippen LogP contribution in [0.3, 0.4) is 0 Å². The summed E-state index contributed by atoms with van der Waals surface area (Å²) in [6.45, 7) is 2.15. The lowest BCUT2D eigenvalue weighted by Crippen LogP contribution is -1.88. The van der Waals surface area contributed by atoms with Crippen molar-refractivity contribution in [3.63, 3.8) is 0 Å². The van der Waals surface area contributed by atoms with Crippen LogP contribution in [0.15, 0.2) is 34.1 Å². The quantitative estimate of drug-likeness (QED) is 0.524. The highest BCUT2D eigenvalue weighted by molar-refractivity contribution is 9.10. The number of carbonyl (C=O) groups is 1. The van der Waals surface area contributed by atoms with E-state index >= 15 is 0 Å². The van der Waals surface area contributed by atoms with Crippen LogP contribution in [0.4, 0.5) is 0 Å². The van der Waals surface area contributed by atoms with Gasteiger partial charge in [0.1, 0.15) is 0 Å². The van der Waals surface area contributed by atoms with E-state index in [-0.39, 0.29) is 5.78 Å². The van der Waals surface area contributed by atoms with Crippen LogP contribution < -0.4 is 0 Å². The van der Waals surface area contributed by atoms with Gasteiger partial charge in [-0.05, 0) is 52.7 Å². The van der Waals surface area contributed by atoms with Gasteiger partial charge in [0.2, 0.25) is 0 Å². The van der Waals surface area contributed by atoms with E-state index in [2.05, 4.69) is 28.9 Å². The van der Waals surface area contributed by atoms with Crippen LogP contribution in [0.25, 0.3) is 6.08 Å². The van der Waals surface area contributed by atoms with Gasteiger partial charge in [0, 0.05) is 19.6 Å². The number of rotatable bonds is 5. The summed E-state index contributed by atoms with van der Waals surface area (Å²) >= 11 is 6.62. The molecule has 2 aromatic rings. The summed E-state index contributed by atoms with van der Waals surface area (Å²) in [4.78, 5) is 15.2. The van der Waals surface area contributed by atoms with Gasteiger partial charge in [0.25, 0.3) is 0 Å². The SMILES string of the molecule is CCCc1ccc(C(=O)/C=C/c2cc(Br)cs2)s1. The van der Waals surface area contributed by atoms with Crippen molar-refractivity contribution >= 4 is 50.5 Å². The van der Waals surface area contributed by atoms with E-state index in [1.807, 2.05) is 23.6 Å². The van der Waals surface area contributed by atoms with Crippen molar-refractivity contribution in [3.05, 3.63) is 48.8 Å². The third-order valence-electron chi connectivity index (χ3n) is 2.39. The number of allylic oxidation sites excluding steroid dienone is 1. The van der Waals surface area contributed by atoms with Crippen LogP contribution in [-0.4, -0.2) is 5.78 Å². The lowest BCUT2D eigenvalue weighted by molar-refractivity contribution is 0.105. The average Bonchev–Trinajstić information content (AvgIpc) is 2.96. The normalized spacial score (nSPS) is 11.2. The minimum atomic E-state index is 0.0897. The first-order chi connectivity index (χ1) is 8.69. The van der Waals surface area contributed by atoms with E-state index in [9.17, 15) is 4.79 Å². The monoisotopic (exact) mass is 340 g/mol. The predicted octanol–water partition coefficient (Wildman–Crippen LogP) is 5.42. The summed E-state index contributed by atoms with van der Waals surface area (Å²) in [5.74, 6) is 0.0897. The van der Waals surface area contributed by atoms with Crippen LogP contribution >= 0.6 is 38.6 Å². The molecule has 0 saturated heterocycles. The van der Waals surface area contributed by atoms with E-state index in [0.29, 0.717) is 0 Å². The van der Waals surface area contributed by atoms with Crippen LogP contribution in [0.2, 0.25) is 0 Å². The van der Waals surface area contributed by atoms with Gasteiger partial charge in [-0.3, -0.25) is 4.79 Å². The van der Waals surface area contributed by atoms with Gasteiger partial charge in [-0.25, -0.2) is 0 Å². The zero-order valence-electron chi connectivity index (χ0n) is 9.98. The molecule has 0 bridgehead atoms. The highest BCUT2D eigenvalue weighted by Crippen LogP contribution is 2.22. The number of aryl methyl sites for hydroxylation is 1. The molecule has 0 atom stereocenters. The van der Waals surface area contributed by atoms with Crippen LogP contribution in [0.1, 0.15) is 32.8 Å². The highest BCUT2D eigenvalue weighted by Gasteiger charge is 2.05. The van der Waals surface area contributed by atoms with Gasteiger partial charge in [0.05, 0.1) is 4.88 Å². The largest absolute Gasteiger partial charge is 0.288 e. The number of thiophene rings is 2. The van der Waals surface area contributed by atoms with Gasteiger partial charge < -0.3 is 0 Å². The molecule has 0 spiro atoms. The van der Waals surface area contributed by atoms with Crippen molar-refractivity contribution in [2.75, 3.05) is 0 Å². The molecule has 1 nitrogen and oxygen atoms in total. The summed E-state index contributed by atoms with van der Waals surface area (Å²) in [6, 6.07) is 5.98. The first kappa shape index (κ1) is 13.7. The molecule has 0 aliphatic carbocycles. The summed E-state index contributed by atoms with van der Waals surface area (Å²) in [6.07, 6.45) is 5.70. The summed E-state index contributed by atoms with van der Waals surface area (Å²) in [7, 11) is 0. The number of ketones is 1. The molecule has 0 N–H and O–H groups in total. The van der Waals surface area contributed by atoms with Crippen molar-refractivity contribution in [1.29, 1.82) is 0 Å². The summed E-state index contributed by atoms with van der Waals surface area (Å²) < 4.78 is 1.06. The van der Waals surface area contributed by atoms with Crippen LogP contribution in [-0.2, 0) is 6.42 Å². The molecule has 0 unspecified atom stereocenters. The molecule has 0 saturated carbocycles. The Hall–Kier alpha value is -0.710. The minimum Gasteiger partial charge on any atom is -0.288 e. The predicted molar refractivity (Wildman–Crippen MR) is 83.7 cm³/mol. The molecule has 2 aromatic heterocycles. The highest BCUT2D eigenvalue weighted by atomic mass is 79.9. The number of hydrogen-bond acceptors (Lipinski definition) is 3. The number of halogens is 1. The molecule has 2 rings (SSSR count). The molecule has 0 aliphatic heterocycles. The maximum atomic E-state index is 12.0. The second-order valence-electron chi connectivity index (χ2n) is 3.88. The molecular weight excluding hydrogens is 328 g/mol. The summed E-state index contributed by atoms with van der Waals surface area (Å²) in [5.41, 5.74) is 0. The van der Waals surface area contributed by atoms with Gasteiger partial charge in [0.15, 0.2) is 5.78 Å². The zero-order valence-corrected chi connectivity index (χ0v) is 13.2. The Morgan fingerprint density at radius 1 is 1.44 bits per heavy atom. The number of hydrogen-bond donors (Lipinski definition) is 0. The van der Waals surface area contributed by atoms with E-state index in [0.717, 1.165) is 27.1 Å². The van der Waals surface area contributed by atoms with E-state index in [4.69, 9.17) is 0 Å². The van der Waals surface area contributed by atoms with E-state index < -0.39 is 0 Å². The molecule has 2 heterocycles. The lowest BCUT2D eigenvalue weighted by atomic mass is 10.2. The Bertz CT molecular complexity index is 566. The third-order valence-corrected chi connectivity index (χ3v) is 5.21. The first-order valence-electron chi connectivity index (χ1n) is 5.74. The Balaban J connectivity index is 2.04. The molecule has 0 aliphatic rings. The summed E-state index contributed by atoms with van der Waals surface area (Å²) in [5, 5.41) is 2.01. The van der Waals surface area contributed by atoms with E-state index in [1.165, 1.54) is 4.88 Å². The molecule has 18 heavy (non-hydrogen) atoms. The molecule has 0 fully saturated rings. The molecule has 0 amide bonds. The molecule has 4 heteroatoms. The molecule has 94 valence electrons. The zero-order chi connectivity index (χ0) is 13.0. The first-order valence-corrected chi connectivity index (χ1v) is 8.23. The molecule has 0 radical (unpaired) electrons. The average molecular weight is 341 g/mol. The fraction of sp³-hybridized carbons (Fsp3) is 0.214. The second-order valence-corrected chi connectivity index (χ2v) is 6.91. The smallest absolute Gasteiger partial charge is 0.195 e. The number of carbonyl (C=O) groups excluding carboxylic acids is 1. The fourth-order valence-corrected chi connectivity index (χ4v) is 3.91. The van der Waals surface area contributed by atoms with Crippen molar-refractivity contribution in [1.82, 2.24) is 0 Å². The van der Waals surface area contributed by atoms with Gasteiger partial charge in [-0.1, -0.05) is 13.3 Å². The second kappa shape index (κ2) is 6.45.